The number of aromatic nitrogens is 2. The van der Waals surface area contributed by atoms with Gasteiger partial charge < -0.3 is 10.7 Å². The molecule has 4 nitrogen and oxygen atoms in total. The number of benzene rings is 1. The molecule has 0 amide bonds. The van der Waals surface area contributed by atoms with Crippen molar-refractivity contribution in [1.29, 1.82) is 0 Å². The second kappa shape index (κ2) is 5.80. The first-order valence-corrected chi connectivity index (χ1v) is 6.09. The van der Waals surface area contributed by atoms with E-state index in [0.717, 1.165) is 5.56 Å². The monoisotopic (exact) mass is 263 g/mol. The smallest absolute Gasteiger partial charge is 0.251 e. The van der Waals surface area contributed by atoms with Gasteiger partial charge in [-0.25, -0.2) is 4.98 Å². The maximum Gasteiger partial charge on any atom is 0.251 e. The number of nitrogens with two attached hydrogens (primary N) is 1. The molecule has 0 fully saturated rings. The summed E-state index contributed by atoms with van der Waals surface area (Å²) in [6, 6.07) is 8.98. The Morgan fingerprint density at radius 1 is 1.33 bits per heavy atom. The summed E-state index contributed by atoms with van der Waals surface area (Å²) in [4.78, 5) is 18.6. The van der Waals surface area contributed by atoms with Crippen LogP contribution in [0.25, 0.3) is 0 Å². The molecule has 94 valence electrons. The molecule has 0 atom stereocenters. The molecule has 0 aliphatic rings. The lowest BCUT2D eigenvalue weighted by Gasteiger charge is -2.05. The van der Waals surface area contributed by atoms with Crippen molar-refractivity contribution < 1.29 is 0 Å². The minimum absolute atomic E-state index is 0.157. The van der Waals surface area contributed by atoms with Gasteiger partial charge in [-0.1, -0.05) is 29.8 Å². The van der Waals surface area contributed by atoms with Crippen molar-refractivity contribution in [3.05, 3.63) is 62.8 Å². The third-order valence-electron chi connectivity index (χ3n) is 2.56. The van der Waals surface area contributed by atoms with E-state index in [1.54, 1.807) is 0 Å². The van der Waals surface area contributed by atoms with E-state index in [1.165, 1.54) is 6.07 Å². The summed E-state index contributed by atoms with van der Waals surface area (Å²) in [5, 5.41) is 0.671. The predicted octanol–water partition coefficient (Wildman–Crippen LogP) is 1.52. The summed E-state index contributed by atoms with van der Waals surface area (Å²) in [6.45, 7) is 0.474. The molecule has 0 bridgehead atoms. The Balaban J connectivity index is 2.29. The average Bonchev–Trinajstić information content (AvgIpc) is 2.32. The third-order valence-corrected chi connectivity index (χ3v) is 2.93. The number of nitrogens with zero attached hydrogens (tertiary/aromatic N) is 1. The Bertz CT molecular complexity index is 595. The van der Waals surface area contributed by atoms with Crippen LogP contribution < -0.4 is 11.3 Å². The van der Waals surface area contributed by atoms with Gasteiger partial charge in [-0.3, -0.25) is 4.79 Å². The van der Waals surface area contributed by atoms with Crippen LogP contribution in [-0.4, -0.2) is 16.5 Å². The van der Waals surface area contributed by atoms with E-state index in [1.807, 2.05) is 24.3 Å². The van der Waals surface area contributed by atoms with Crippen LogP contribution in [0.4, 0.5) is 0 Å². The molecule has 5 heteroatoms. The Hall–Kier alpha value is -1.65. The van der Waals surface area contributed by atoms with Gasteiger partial charge in [0, 0.05) is 29.6 Å². The summed E-state index contributed by atoms with van der Waals surface area (Å²) >= 11 is 6.08. The number of hydrogen-bond acceptors (Lipinski definition) is 3. The normalized spacial score (nSPS) is 10.6. The van der Waals surface area contributed by atoms with E-state index in [-0.39, 0.29) is 5.56 Å². The summed E-state index contributed by atoms with van der Waals surface area (Å²) < 4.78 is 0. The van der Waals surface area contributed by atoms with Gasteiger partial charge >= 0.3 is 0 Å². The van der Waals surface area contributed by atoms with E-state index in [0.29, 0.717) is 35.9 Å². The number of hydrogen-bond donors (Lipinski definition) is 2. The zero-order valence-corrected chi connectivity index (χ0v) is 10.6. The second-order valence-electron chi connectivity index (χ2n) is 3.99. The van der Waals surface area contributed by atoms with Crippen LogP contribution in [0.1, 0.15) is 17.1 Å². The molecule has 1 heterocycles. The lowest BCUT2D eigenvalue weighted by atomic mass is 10.1. The maximum absolute atomic E-state index is 11.5. The summed E-state index contributed by atoms with van der Waals surface area (Å²) in [5.41, 5.74) is 6.96. The zero-order valence-electron chi connectivity index (χ0n) is 9.82. The highest BCUT2D eigenvalue weighted by atomic mass is 35.5. The SMILES string of the molecule is NCCc1cc(=O)[nH]c(Cc2ccccc2Cl)n1. The van der Waals surface area contributed by atoms with Crippen LogP contribution in [-0.2, 0) is 12.8 Å². The zero-order chi connectivity index (χ0) is 13.0. The minimum atomic E-state index is -0.157. The number of rotatable bonds is 4. The molecule has 0 aliphatic carbocycles. The van der Waals surface area contributed by atoms with Crippen molar-refractivity contribution >= 4 is 11.6 Å². The number of nitrogens with one attached hydrogen (secondary N) is 1. The summed E-state index contributed by atoms with van der Waals surface area (Å²) in [6.07, 6.45) is 1.10. The fourth-order valence-corrected chi connectivity index (χ4v) is 1.95. The van der Waals surface area contributed by atoms with Gasteiger partial charge in [0.1, 0.15) is 5.82 Å². The van der Waals surface area contributed by atoms with Crippen molar-refractivity contribution in [3.63, 3.8) is 0 Å². The van der Waals surface area contributed by atoms with Crippen molar-refractivity contribution in [2.75, 3.05) is 6.54 Å². The summed E-state index contributed by atoms with van der Waals surface area (Å²) in [5.74, 6) is 0.610. The number of aromatic amines is 1. The van der Waals surface area contributed by atoms with Gasteiger partial charge in [0.25, 0.3) is 5.56 Å². The Labute approximate surface area is 110 Å². The Morgan fingerprint density at radius 3 is 2.83 bits per heavy atom. The molecule has 0 unspecified atom stereocenters. The molecule has 18 heavy (non-hydrogen) atoms. The Kier molecular flexibility index (Phi) is 4.12. The van der Waals surface area contributed by atoms with Crippen LogP contribution in [0.5, 0.6) is 0 Å². The van der Waals surface area contributed by atoms with Crippen LogP contribution in [0.2, 0.25) is 5.02 Å². The highest BCUT2D eigenvalue weighted by molar-refractivity contribution is 6.31. The predicted molar refractivity (Wildman–Crippen MR) is 71.9 cm³/mol. The van der Waals surface area contributed by atoms with E-state index < -0.39 is 0 Å². The first-order valence-electron chi connectivity index (χ1n) is 5.71. The fourth-order valence-electron chi connectivity index (χ4n) is 1.75. The molecule has 0 radical (unpaired) electrons. The standard InChI is InChI=1S/C13H14ClN3O/c14-11-4-2-1-3-9(11)7-12-16-10(5-6-15)8-13(18)17-12/h1-4,8H,5-7,15H2,(H,16,17,18). The van der Waals surface area contributed by atoms with Crippen LogP contribution in [0.15, 0.2) is 35.1 Å². The number of H-pyrrole nitrogens is 1. The quantitative estimate of drug-likeness (QED) is 0.878. The molecule has 0 aliphatic heterocycles. The van der Waals surface area contributed by atoms with Gasteiger partial charge in [-0.15, -0.1) is 0 Å². The van der Waals surface area contributed by atoms with E-state index in [4.69, 9.17) is 17.3 Å². The highest BCUT2D eigenvalue weighted by Gasteiger charge is 2.05. The van der Waals surface area contributed by atoms with E-state index in [2.05, 4.69) is 9.97 Å². The van der Waals surface area contributed by atoms with Gasteiger partial charge in [-0.2, -0.15) is 0 Å². The summed E-state index contributed by atoms with van der Waals surface area (Å²) in [7, 11) is 0. The highest BCUT2D eigenvalue weighted by Crippen LogP contribution is 2.17. The molecule has 0 spiro atoms. The average molecular weight is 264 g/mol. The van der Waals surface area contributed by atoms with Gasteiger partial charge in [0.15, 0.2) is 0 Å². The number of halogens is 1. The molecular weight excluding hydrogens is 250 g/mol. The van der Waals surface area contributed by atoms with Crippen LogP contribution in [0, 0.1) is 0 Å². The third kappa shape index (κ3) is 3.18. The van der Waals surface area contributed by atoms with Crippen molar-refractivity contribution in [1.82, 2.24) is 9.97 Å². The van der Waals surface area contributed by atoms with Crippen molar-refractivity contribution in [3.8, 4) is 0 Å². The first-order chi connectivity index (χ1) is 8.69. The topological polar surface area (TPSA) is 71.8 Å². The Morgan fingerprint density at radius 2 is 2.11 bits per heavy atom. The molecule has 2 rings (SSSR count). The molecule has 0 saturated carbocycles. The minimum Gasteiger partial charge on any atom is -0.330 e. The van der Waals surface area contributed by atoms with Gasteiger partial charge in [0.2, 0.25) is 0 Å². The van der Waals surface area contributed by atoms with Crippen molar-refractivity contribution in [2.45, 2.75) is 12.8 Å². The lowest BCUT2D eigenvalue weighted by molar-refractivity contribution is 0.854. The molecular formula is C13H14ClN3O. The second-order valence-corrected chi connectivity index (χ2v) is 4.40. The lowest BCUT2D eigenvalue weighted by Crippen LogP contribution is -2.15. The van der Waals surface area contributed by atoms with Crippen LogP contribution >= 0.6 is 11.6 Å². The fraction of sp³-hybridized carbons (Fsp3) is 0.231. The molecule has 1 aromatic heterocycles. The van der Waals surface area contributed by atoms with Gasteiger partial charge in [-0.05, 0) is 18.2 Å². The van der Waals surface area contributed by atoms with E-state index >= 15 is 0 Å². The maximum atomic E-state index is 11.5. The first kappa shape index (κ1) is 12.8. The van der Waals surface area contributed by atoms with Crippen LogP contribution in [0.3, 0.4) is 0 Å². The van der Waals surface area contributed by atoms with Gasteiger partial charge in [0.05, 0.1) is 0 Å². The van der Waals surface area contributed by atoms with E-state index in [9.17, 15) is 4.79 Å². The largest absolute Gasteiger partial charge is 0.330 e. The molecule has 1 aromatic carbocycles. The molecule has 0 saturated heterocycles. The molecule has 2 aromatic rings. The molecule has 3 N–H and O–H groups in total. The van der Waals surface area contributed by atoms with Crippen molar-refractivity contribution in [2.24, 2.45) is 5.73 Å².